The van der Waals surface area contributed by atoms with Gasteiger partial charge in [0.05, 0.1) is 15.9 Å². The fourth-order valence-corrected chi connectivity index (χ4v) is 3.15. The van der Waals surface area contributed by atoms with Crippen molar-refractivity contribution >= 4 is 32.9 Å². The third-order valence-corrected chi connectivity index (χ3v) is 5.02. The topological polar surface area (TPSA) is 105 Å². The molecule has 0 aliphatic rings. The summed E-state index contributed by atoms with van der Waals surface area (Å²) < 4.78 is 23.1. The Kier molecular flexibility index (Phi) is 5.36. The van der Waals surface area contributed by atoms with Gasteiger partial charge >= 0.3 is 0 Å². The molecule has 0 unspecified atom stereocenters. The van der Waals surface area contributed by atoms with Crippen LogP contribution in [0.2, 0.25) is 0 Å². The lowest BCUT2D eigenvalue weighted by atomic mass is 10.2. The maximum Gasteiger partial charge on any atom is 0.287 e. The number of nitrogens with one attached hydrogen (secondary N) is 2. The number of hydrogen-bond acceptors (Lipinski definition) is 5. The van der Waals surface area contributed by atoms with E-state index in [4.69, 9.17) is 0 Å². The van der Waals surface area contributed by atoms with Crippen LogP contribution in [-0.4, -0.2) is 41.6 Å². The van der Waals surface area contributed by atoms with Gasteiger partial charge in [0.2, 0.25) is 0 Å². The van der Waals surface area contributed by atoms with Gasteiger partial charge in [-0.1, -0.05) is 24.3 Å². The highest BCUT2D eigenvalue weighted by molar-refractivity contribution is 7.90. The van der Waals surface area contributed by atoms with Crippen LogP contribution in [0.5, 0.6) is 0 Å². The minimum atomic E-state index is -3.29. The van der Waals surface area contributed by atoms with Crippen molar-refractivity contribution < 1.29 is 13.2 Å². The van der Waals surface area contributed by atoms with Crippen LogP contribution in [-0.2, 0) is 9.84 Å². The summed E-state index contributed by atoms with van der Waals surface area (Å²) >= 11 is 0. The van der Waals surface area contributed by atoms with Crippen LogP contribution >= 0.6 is 0 Å². The second-order valence-electron chi connectivity index (χ2n) is 6.34. The van der Waals surface area contributed by atoms with Gasteiger partial charge in [-0.2, -0.15) is 0 Å². The highest BCUT2D eigenvalue weighted by atomic mass is 32.2. The predicted molar refractivity (Wildman–Crippen MR) is 104 cm³/mol. The number of sulfone groups is 1. The van der Waals surface area contributed by atoms with Crippen LogP contribution in [0.25, 0.3) is 17.1 Å². The summed E-state index contributed by atoms with van der Waals surface area (Å²) in [6.45, 7) is 1.88. The number of amides is 1. The molecular formula is C19H20N4O3S. The molecular weight excluding hydrogens is 364 g/mol. The van der Waals surface area contributed by atoms with E-state index in [-0.39, 0.29) is 22.7 Å². The van der Waals surface area contributed by atoms with E-state index < -0.39 is 9.84 Å². The highest BCUT2D eigenvalue weighted by Gasteiger charge is 2.13. The van der Waals surface area contributed by atoms with Gasteiger partial charge in [-0.05, 0) is 37.1 Å². The SMILES string of the molecule is C[C@@H](C/C=C/c1cncc(S(C)(=O)=O)c1)NC(=O)c1nc2ccccc2[nH]1. The Bertz CT molecular complexity index is 1070. The van der Waals surface area contributed by atoms with Crippen LogP contribution in [0.3, 0.4) is 0 Å². The summed E-state index contributed by atoms with van der Waals surface area (Å²) in [7, 11) is -3.29. The Balaban J connectivity index is 1.60. The van der Waals surface area contributed by atoms with Crippen molar-refractivity contribution in [3.05, 3.63) is 60.2 Å². The zero-order chi connectivity index (χ0) is 19.4. The van der Waals surface area contributed by atoms with Crippen molar-refractivity contribution in [2.75, 3.05) is 6.26 Å². The quantitative estimate of drug-likeness (QED) is 0.680. The Hall–Kier alpha value is -3.00. The molecule has 1 amide bonds. The van der Waals surface area contributed by atoms with E-state index in [0.717, 1.165) is 17.3 Å². The number of imidazole rings is 1. The molecule has 0 saturated heterocycles. The van der Waals surface area contributed by atoms with Gasteiger partial charge in [-0.3, -0.25) is 9.78 Å². The van der Waals surface area contributed by atoms with Crippen LogP contribution < -0.4 is 5.32 Å². The van der Waals surface area contributed by atoms with Crippen LogP contribution in [0.1, 0.15) is 29.5 Å². The Morgan fingerprint density at radius 2 is 2.07 bits per heavy atom. The van der Waals surface area contributed by atoms with E-state index in [1.165, 1.54) is 6.20 Å². The number of aromatic nitrogens is 3. The second-order valence-corrected chi connectivity index (χ2v) is 8.36. The number of fused-ring (bicyclic) bond motifs is 1. The number of para-hydroxylation sites is 2. The molecule has 2 heterocycles. The summed E-state index contributed by atoms with van der Waals surface area (Å²) in [5, 5.41) is 2.88. The zero-order valence-corrected chi connectivity index (χ0v) is 15.8. The molecule has 2 N–H and O–H groups in total. The molecule has 0 bridgehead atoms. The molecule has 1 aromatic carbocycles. The van der Waals surface area contributed by atoms with Crippen molar-refractivity contribution in [1.29, 1.82) is 0 Å². The first-order valence-corrected chi connectivity index (χ1v) is 10.3. The largest absolute Gasteiger partial charge is 0.347 e. The molecule has 0 saturated carbocycles. The van der Waals surface area contributed by atoms with Gasteiger partial charge in [-0.15, -0.1) is 0 Å². The third-order valence-electron chi connectivity index (χ3n) is 3.94. The van der Waals surface area contributed by atoms with E-state index in [1.54, 1.807) is 18.3 Å². The molecule has 7 nitrogen and oxygen atoms in total. The predicted octanol–water partition coefficient (Wildman–Crippen LogP) is 2.58. The third kappa shape index (κ3) is 4.79. The Labute approximate surface area is 157 Å². The molecule has 8 heteroatoms. The van der Waals surface area contributed by atoms with Crippen molar-refractivity contribution in [2.24, 2.45) is 0 Å². The first-order valence-electron chi connectivity index (χ1n) is 8.40. The monoisotopic (exact) mass is 384 g/mol. The zero-order valence-electron chi connectivity index (χ0n) is 15.0. The van der Waals surface area contributed by atoms with E-state index in [0.29, 0.717) is 12.0 Å². The minimum Gasteiger partial charge on any atom is -0.347 e. The molecule has 0 aliphatic heterocycles. The standard InChI is InChI=1S/C19H20N4O3S/c1-13(6-5-7-14-10-15(12-20-11-14)27(2,25)26)21-19(24)18-22-16-8-3-4-9-17(16)23-18/h3-5,7-13H,6H2,1-2H3,(H,21,24)(H,22,23)/b7-5+/t13-/m0/s1. The number of pyridine rings is 1. The average molecular weight is 384 g/mol. The Morgan fingerprint density at radius 3 is 2.81 bits per heavy atom. The first-order chi connectivity index (χ1) is 12.8. The summed E-state index contributed by atoms with van der Waals surface area (Å²) in [6.07, 6.45) is 8.28. The maximum atomic E-state index is 12.3. The molecule has 0 fully saturated rings. The minimum absolute atomic E-state index is 0.118. The first kappa shape index (κ1) is 18.8. The molecule has 1 atom stereocenters. The molecule has 27 heavy (non-hydrogen) atoms. The van der Waals surface area contributed by atoms with Gasteiger partial charge in [0.1, 0.15) is 0 Å². The average Bonchev–Trinajstić information content (AvgIpc) is 3.05. The van der Waals surface area contributed by atoms with Gasteiger partial charge in [0, 0.05) is 24.7 Å². The number of carbonyl (C=O) groups excluding carboxylic acids is 1. The number of nitrogens with zero attached hydrogens (tertiary/aromatic N) is 2. The van der Waals surface area contributed by atoms with E-state index in [9.17, 15) is 13.2 Å². The Morgan fingerprint density at radius 1 is 1.30 bits per heavy atom. The summed E-state index contributed by atoms with van der Waals surface area (Å²) in [4.78, 5) is 23.7. The normalized spacial score (nSPS) is 13.1. The van der Waals surface area contributed by atoms with Gasteiger partial charge in [0.15, 0.2) is 15.7 Å². The highest BCUT2D eigenvalue weighted by Crippen LogP contribution is 2.12. The number of rotatable bonds is 6. The fourth-order valence-electron chi connectivity index (χ4n) is 2.55. The van der Waals surface area contributed by atoms with Crippen molar-refractivity contribution in [2.45, 2.75) is 24.3 Å². The summed E-state index contributed by atoms with van der Waals surface area (Å²) in [6, 6.07) is 8.90. The molecule has 2 aromatic heterocycles. The van der Waals surface area contributed by atoms with Crippen molar-refractivity contribution in [3.8, 4) is 0 Å². The number of H-pyrrole nitrogens is 1. The van der Waals surface area contributed by atoms with E-state index >= 15 is 0 Å². The smallest absolute Gasteiger partial charge is 0.287 e. The van der Waals surface area contributed by atoms with Gasteiger partial charge < -0.3 is 10.3 Å². The molecule has 0 spiro atoms. The number of aromatic amines is 1. The lowest BCUT2D eigenvalue weighted by Crippen LogP contribution is -2.32. The fraction of sp³-hybridized carbons (Fsp3) is 0.211. The summed E-state index contributed by atoms with van der Waals surface area (Å²) in [5.41, 5.74) is 2.25. The number of carbonyl (C=O) groups is 1. The second kappa shape index (κ2) is 7.71. The van der Waals surface area contributed by atoms with Crippen LogP contribution in [0.4, 0.5) is 0 Å². The summed E-state index contributed by atoms with van der Waals surface area (Å²) in [5.74, 6) is 0.00456. The van der Waals surface area contributed by atoms with Gasteiger partial charge in [-0.25, -0.2) is 13.4 Å². The lowest BCUT2D eigenvalue weighted by molar-refractivity contribution is 0.0931. The van der Waals surface area contributed by atoms with Crippen molar-refractivity contribution in [1.82, 2.24) is 20.3 Å². The number of hydrogen-bond donors (Lipinski definition) is 2. The maximum absolute atomic E-state index is 12.3. The lowest BCUT2D eigenvalue weighted by Gasteiger charge is -2.10. The molecule has 0 aliphatic carbocycles. The van der Waals surface area contributed by atoms with Crippen molar-refractivity contribution in [3.63, 3.8) is 0 Å². The van der Waals surface area contributed by atoms with E-state index in [2.05, 4.69) is 20.3 Å². The van der Waals surface area contributed by atoms with Crippen LogP contribution in [0.15, 0.2) is 53.7 Å². The number of benzene rings is 1. The molecule has 0 radical (unpaired) electrons. The van der Waals surface area contributed by atoms with Crippen LogP contribution in [0, 0.1) is 0 Å². The van der Waals surface area contributed by atoms with E-state index in [1.807, 2.05) is 37.3 Å². The van der Waals surface area contributed by atoms with Gasteiger partial charge in [0.25, 0.3) is 5.91 Å². The molecule has 3 aromatic rings. The molecule has 140 valence electrons. The molecule has 3 rings (SSSR count).